The summed E-state index contributed by atoms with van der Waals surface area (Å²) in [6, 6.07) is 7.89. The maximum absolute atomic E-state index is 5.55. The van der Waals surface area contributed by atoms with E-state index < -0.39 is 0 Å². The molecule has 0 aliphatic rings. The van der Waals surface area contributed by atoms with Gasteiger partial charge in [-0.1, -0.05) is 28.1 Å². The number of hydrogen-bond acceptors (Lipinski definition) is 3. The number of aromatic nitrogens is 2. The molecule has 0 radical (unpaired) electrons. The van der Waals surface area contributed by atoms with Gasteiger partial charge >= 0.3 is 0 Å². The Bertz CT molecular complexity index is 511. The largest absolute Gasteiger partial charge is 0.325 e. The van der Waals surface area contributed by atoms with Gasteiger partial charge in [0.15, 0.2) is 5.82 Å². The van der Waals surface area contributed by atoms with Gasteiger partial charge in [0.25, 0.3) is 0 Å². The zero-order chi connectivity index (χ0) is 11.5. The van der Waals surface area contributed by atoms with Gasteiger partial charge < -0.3 is 5.73 Å². The van der Waals surface area contributed by atoms with Crippen LogP contribution in [0.15, 0.2) is 34.9 Å². The van der Waals surface area contributed by atoms with Crippen molar-refractivity contribution >= 4 is 15.9 Å². The Labute approximate surface area is 103 Å². The fraction of sp³-hybridized carbons (Fsp3) is 0.167. The molecule has 0 bridgehead atoms. The summed E-state index contributed by atoms with van der Waals surface area (Å²) in [6.07, 6.45) is 1.73. The maximum Gasteiger partial charge on any atom is 0.159 e. The lowest BCUT2D eigenvalue weighted by Gasteiger charge is -2.04. The van der Waals surface area contributed by atoms with E-state index in [1.165, 1.54) is 5.56 Å². The second-order valence-corrected chi connectivity index (χ2v) is 4.39. The number of nitrogens with two attached hydrogens (primary N) is 1. The molecule has 4 heteroatoms. The third-order valence-electron chi connectivity index (χ3n) is 2.35. The van der Waals surface area contributed by atoms with Crippen LogP contribution < -0.4 is 5.73 Å². The quantitative estimate of drug-likeness (QED) is 0.918. The van der Waals surface area contributed by atoms with Crippen LogP contribution >= 0.6 is 15.9 Å². The summed E-state index contributed by atoms with van der Waals surface area (Å²) >= 11 is 3.50. The van der Waals surface area contributed by atoms with E-state index >= 15 is 0 Å². The summed E-state index contributed by atoms with van der Waals surface area (Å²) < 4.78 is 1.06. The highest BCUT2D eigenvalue weighted by Crippen LogP contribution is 2.23. The number of aryl methyl sites for hydroxylation is 1. The highest BCUT2D eigenvalue weighted by atomic mass is 79.9. The molecule has 0 unspecified atom stereocenters. The van der Waals surface area contributed by atoms with Crippen LogP contribution in [0.25, 0.3) is 11.4 Å². The average Bonchev–Trinajstić information content (AvgIpc) is 2.33. The van der Waals surface area contributed by atoms with Crippen molar-refractivity contribution in [3.8, 4) is 11.4 Å². The van der Waals surface area contributed by atoms with Crippen molar-refractivity contribution in [3.05, 3.63) is 46.2 Å². The zero-order valence-electron chi connectivity index (χ0n) is 8.94. The first-order valence-electron chi connectivity index (χ1n) is 4.99. The van der Waals surface area contributed by atoms with Crippen LogP contribution in [-0.4, -0.2) is 9.97 Å². The van der Waals surface area contributed by atoms with Crippen LogP contribution in [-0.2, 0) is 6.54 Å². The van der Waals surface area contributed by atoms with Crippen molar-refractivity contribution in [3.63, 3.8) is 0 Å². The van der Waals surface area contributed by atoms with E-state index in [1.807, 2.05) is 31.2 Å². The molecule has 1 heterocycles. The van der Waals surface area contributed by atoms with E-state index in [0.717, 1.165) is 15.7 Å². The molecule has 2 N–H and O–H groups in total. The van der Waals surface area contributed by atoms with Crippen LogP contribution in [0, 0.1) is 6.92 Å². The minimum absolute atomic E-state index is 0.433. The molecule has 82 valence electrons. The average molecular weight is 278 g/mol. The standard InChI is InChI=1S/C12H12BrN3/c1-8-2-3-9(6-11(8)13)12-15-5-4-10(7-14)16-12/h2-6H,7,14H2,1H3. The summed E-state index contributed by atoms with van der Waals surface area (Å²) in [5, 5.41) is 0. The molecule has 16 heavy (non-hydrogen) atoms. The molecule has 1 aromatic carbocycles. The van der Waals surface area contributed by atoms with E-state index in [2.05, 4.69) is 25.9 Å². The summed E-state index contributed by atoms with van der Waals surface area (Å²) in [5.41, 5.74) is 8.59. The molecular formula is C12H12BrN3. The van der Waals surface area contributed by atoms with Crippen LogP contribution in [0.3, 0.4) is 0 Å². The van der Waals surface area contributed by atoms with Gasteiger partial charge in [-0.05, 0) is 24.6 Å². The molecule has 0 amide bonds. The summed E-state index contributed by atoms with van der Waals surface area (Å²) in [5.74, 6) is 0.712. The van der Waals surface area contributed by atoms with Gasteiger partial charge in [0.1, 0.15) is 0 Å². The van der Waals surface area contributed by atoms with E-state index in [4.69, 9.17) is 5.73 Å². The Hall–Kier alpha value is -1.26. The summed E-state index contributed by atoms with van der Waals surface area (Å²) in [4.78, 5) is 8.62. The molecule has 3 nitrogen and oxygen atoms in total. The Kier molecular flexibility index (Phi) is 3.31. The van der Waals surface area contributed by atoms with Gasteiger partial charge in [-0.2, -0.15) is 0 Å². The molecule has 0 spiro atoms. The van der Waals surface area contributed by atoms with E-state index in [1.54, 1.807) is 6.20 Å². The number of rotatable bonds is 2. The number of benzene rings is 1. The second-order valence-electron chi connectivity index (χ2n) is 3.54. The number of halogens is 1. The minimum Gasteiger partial charge on any atom is -0.325 e. The maximum atomic E-state index is 5.55. The monoisotopic (exact) mass is 277 g/mol. The van der Waals surface area contributed by atoms with Crippen LogP contribution in [0.5, 0.6) is 0 Å². The van der Waals surface area contributed by atoms with Gasteiger partial charge in [-0.25, -0.2) is 9.97 Å². The Morgan fingerprint density at radius 1 is 1.31 bits per heavy atom. The predicted molar refractivity (Wildman–Crippen MR) is 67.8 cm³/mol. The molecule has 1 aromatic heterocycles. The van der Waals surface area contributed by atoms with Crippen molar-refractivity contribution in [1.82, 2.24) is 9.97 Å². The van der Waals surface area contributed by atoms with Gasteiger partial charge in [-0.15, -0.1) is 0 Å². The van der Waals surface area contributed by atoms with Crippen LogP contribution in [0.2, 0.25) is 0 Å². The van der Waals surface area contributed by atoms with Gasteiger partial charge in [-0.3, -0.25) is 0 Å². The molecule has 0 saturated heterocycles. The van der Waals surface area contributed by atoms with E-state index in [-0.39, 0.29) is 0 Å². The highest BCUT2D eigenvalue weighted by Gasteiger charge is 2.03. The van der Waals surface area contributed by atoms with E-state index in [0.29, 0.717) is 12.4 Å². The smallest absolute Gasteiger partial charge is 0.159 e. The second kappa shape index (κ2) is 4.72. The fourth-order valence-electron chi connectivity index (χ4n) is 1.38. The van der Waals surface area contributed by atoms with Crippen molar-refractivity contribution in [2.24, 2.45) is 5.73 Å². The molecular weight excluding hydrogens is 266 g/mol. The SMILES string of the molecule is Cc1ccc(-c2nccc(CN)n2)cc1Br. The molecule has 0 aliphatic carbocycles. The predicted octanol–water partition coefficient (Wildman–Crippen LogP) is 2.67. The molecule has 0 aliphatic heterocycles. The Morgan fingerprint density at radius 3 is 2.81 bits per heavy atom. The first-order valence-corrected chi connectivity index (χ1v) is 5.78. The summed E-state index contributed by atoms with van der Waals surface area (Å²) in [7, 11) is 0. The van der Waals surface area contributed by atoms with Crippen molar-refractivity contribution < 1.29 is 0 Å². The van der Waals surface area contributed by atoms with Gasteiger partial charge in [0, 0.05) is 22.8 Å². The highest BCUT2D eigenvalue weighted by molar-refractivity contribution is 9.10. The lowest BCUT2D eigenvalue weighted by atomic mass is 10.1. The Balaban J connectivity index is 2.46. The first kappa shape index (κ1) is 11.2. The third-order valence-corrected chi connectivity index (χ3v) is 3.21. The lowest BCUT2D eigenvalue weighted by Crippen LogP contribution is -2.01. The zero-order valence-corrected chi connectivity index (χ0v) is 10.5. The minimum atomic E-state index is 0.433. The molecule has 0 fully saturated rings. The molecule has 0 saturated carbocycles. The van der Waals surface area contributed by atoms with Crippen molar-refractivity contribution in [2.75, 3.05) is 0 Å². The first-order chi connectivity index (χ1) is 7.70. The number of hydrogen-bond donors (Lipinski definition) is 1. The van der Waals surface area contributed by atoms with E-state index in [9.17, 15) is 0 Å². The number of nitrogens with zero attached hydrogens (tertiary/aromatic N) is 2. The fourth-order valence-corrected chi connectivity index (χ4v) is 1.76. The van der Waals surface area contributed by atoms with Crippen LogP contribution in [0.1, 0.15) is 11.3 Å². The topological polar surface area (TPSA) is 51.8 Å². The molecule has 0 atom stereocenters. The third kappa shape index (κ3) is 2.28. The summed E-state index contributed by atoms with van der Waals surface area (Å²) in [6.45, 7) is 2.48. The Morgan fingerprint density at radius 2 is 2.12 bits per heavy atom. The van der Waals surface area contributed by atoms with Crippen molar-refractivity contribution in [2.45, 2.75) is 13.5 Å². The van der Waals surface area contributed by atoms with Gasteiger partial charge in [0.2, 0.25) is 0 Å². The lowest BCUT2D eigenvalue weighted by molar-refractivity contribution is 0.969. The van der Waals surface area contributed by atoms with Crippen LogP contribution in [0.4, 0.5) is 0 Å². The van der Waals surface area contributed by atoms with Gasteiger partial charge in [0.05, 0.1) is 5.69 Å². The van der Waals surface area contributed by atoms with Crippen molar-refractivity contribution in [1.29, 1.82) is 0 Å². The molecule has 2 aromatic rings. The molecule has 2 rings (SSSR count). The normalized spacial score (nSPS) is 10.4.